The van der Waals surface area contributed by atoms with Crippen LogP contribution in [0.25, 0.3) is 17.5 Å². The number of aromatic nitrogens is 2. The first-order chi connectivity index (χ1) is 15.6. The Morgan fingerprint density at radius 3 is 2.50 bits per heavy atom. The lowest BCUT2D eigenvalue weighted by atomic mass is 9.87. The second-order valence-corrected chi connectivity index (χ2v) is 7.19. The van der Waals surface area contributed by atoms with E-state index in [2.05, 4.69) is 4.98 Å². The first-order valence-electron chi connectivity index (χ1n) is 10.1. The summed E-state index contributed by atoms with van der Waals surface area (Å²) in [5, 5.41) is 0.178. The first kappa shape index (κ1) is 19.6. The van der Waals surface area contributed by atoms with Gasteiger partial charge in [0.1, 0.15) is 16.6 Å². The molecule has 0 saturated carbocycles. The van der Waals surface area contributed by atoms with Gasteiger partial charge in [0.05, 0.1) is 12.5 Å². The fourth-order valence-electron chi connectivity index (χ4n) is 3.93. The number of nitrogen functional groups attached to an aromatic ring is 1. The lowest BCUT2D eigenvalue weighted by Crippen LogP contribution is -2.37. The summed E-state index contributed by atoms with van der Waals surface area (Å²) in [4.78, 5) is 30.4. The van der Waals surface area contributed by atoms with E-state index in [1.54, 1.807) is 13.0 Å². The highest BCUT2D eigenvalue weighted by atomic mass is 16.5. The Morgan fingerprint density at radius 2 is 1.81 bits per heavy atom. The van der Waals surface area contributed by atoms with Crippen molar-refractivity contribution >= 4 is 23.6 Å². The minimum atomic E-state index is -0.679. The number of esters is 1. The molecule has 8 heteroatoms. The van der Waals surface area contributed by atoms with Crippen LogP contribution in [0, 0.1) is 0 Å². The Hall–Kier alpha value is -4.33. The molecule has 8 nitrogen and oxygen atoms in total. The molecule has 0 amide bonds. The number of nitrogens with zero attached hydrogens (tertiary/aromatic N) is 2. The Balaban J connectivity index is 1.92. The molecule has 0 aliphatic carbocycles. The molecule has 0 bridgehead atoms. The third-order valence-electron chi connectivity index (χ3n) is 5.22. The van der Waals surface area contributed by atoms with Crippen LogP contribution >= 0.6 is 0 Å². The van der Waals surface area contributed by atoms with Crippen molar-refractivity contribution in [2.24, 2.45) is 0 Å². The predicted molar refractivity (Wildman–Crippen MR) is 116 cm³/mol. The van der Waals surface area contributed by atoms with Gasteiger partial charge in [-0.05, 0) is 24.1 Å². The summed E-state index contributed by atoms with van der Waals surface area (Å²) in [6.45, 7) is 1.87. The zero-order valence-corrected chi connectivity index (χ0v) is 17.1. The predicted octanol–water partition coefficient (Wildman–Crippen LogP) is 1.69. The normalized spacial score (nSPS) is 15.3. The summed E-state index contributed by atoms with van der Waals surface area (Å²) < 4.78 is 18.1. The zero-order chi connectivity index (χ0) is 22.2. The lowest BCUT2D eigenvalue weighted by Gasteiger charge is -2.21. The summed E-state index contributed by atoms with van der Waals surface area (Å²) in [6, 6.07) is 18.5. The number of benzene rings is 2. The molecule has 1 aliphatic rings. The number of carbonyl (C=O) groups excluding carboxylic acids is 1. The summed E-state index contributed by atoms with van der Waals surface area (Å²) in [6.07, 6.45) is 1.66. The van der Waals surface area contributed by atoms with E-state index in [1.807, 2.05) is 60.7 Å². The van der Waals surface area contributed by atoms with Crippen molar-refractivity contribution in [2.45, 2.75) is 12.8 Å². The number of rotatable bonds is 4. The van der Waals surface area contributed by atoms with E-state index in [4.69, 9.17) is 19.3 Å². The largest absolute Gasteiger partial charge is 0.462 e. The van der Waals surface area contributed by atoms with Gasteiger partial charge in [-0.25, -0.2) is 14.2 Å². The maximum absolute atomic E-state index is 13.1. The molecule has 2 aromatic heterocycles. The van der Waals surface area contributed by atoms with E-state index < -0.39 is 17.5 Å². The Labute approximate surface area is 181 Å². The van der Waals surface area contributed by atoms with Gasteiger partial charge >= 0.3 is 11.6 Å². The van der Waals surface area contributed by atoms with E-state index in [0.29, 0.717) is 5.69 Å². The SMILES string of the molecule is CCOC(=O)C1=c2oc(=O)/c(=C\c3ccccc3)n2-c2oc(N)nc2[C@H]1c1ccccc1. The van der Waals surface area contributed by atoms with E-state index >= 15 is 0 Å². The second kappa shape index (κ2) is 7.73. The second-order valence-electron chi connectivity index (χ2n) is 7.19. The molecule has 1 atom stereocenters. The van der Waals surface area contributed by atoms with Crippen molar-refractivity contribution in [3.63, 3.8) is 0 Å². The van der Waals surface area contributed by atoms with Crippen molar-refractivity contribution in [3.8, 4) is 5.88 Å². The molecule has 0 spiro atoms. The van der Waals surface area contributed by atoms with Gasteiger partial charge in [-0.15, -0.1) is 0 Å². The number of carbonyl (C=O) groups is 1. The van der Waals surface area contributed by atoms with Gasteiger partial charge in [-0.1, -0.05) is 60.7 Å². The van der Waals surface area contributed by atoms with Crippen molar-refractivity contribution in [1.29, 1.82) is 0 Å². The molecule has 1 aliphatic heterocycles. The third-order valence-corrected chi connectivity index (χ3v) is 5.22. The number of nitrogens with two attached hydrogens (primary N) is 1. The highest BCUT2D eigenvalue weighted by Gasteiger charge is 2.39. The van der Waals surface area contributed by atoms with Crippen molar-refractivity contribution in [3.05, 3.63) is 98.8 Å². The molecule has 5 rings (SSSR count). The van der Waals surface area contributed by atoms with Crippen LogP contribution in [0.2, 0.25) is 0 Å². The summed E-state index contributed by atoms with van der Waals surface area (Å²) >= 11 is 0. The third kappa shape index (κ3) is 3.13. The van der Waals surface area contributed by atoms with Gasteiger partial charge in [0.2, 0.25) is 11.4 Å². The van der Waals surface area contributed by atoms with Gasteiger partial charge in [-0.3, -0.25) is 0 Å². The minimum absolute atomic E-state index is 0.0353. The maximum Gasteiger partial charge on any atom is 0.362 e. The van der Waals surface area contributed by atoms with Crippen LogP contribution in [-0.4, -0.2) is 22.1 Å². The van der Waals surface area contributed by atoms with E-state index in [0.717, 1.165) is 11.1 Å². The number of ether oxygens (including phenoxy) is 1. The molecule has 32 heavy (non-hydrogen) atoms. The van der Waals surface area contributed by atoms with E-state index in [9.17, 15) is 9.59 Å². The topological polar surface area (TPSA) is 113 Å². The minimum Gasteiger partial charge on any atom is -0.462 e. The van der Waals surface area contributed by atoms with Crippen LogP contribution in [0.5, 0.6) is 0 Å². The molecule has 160 valence electrons. The average molecular weight is 429 g/mol. The fourth-order valence-corrected chi connectivity index (χ4v) is 3.93. The van der Waals surface area contributed by atoms with Gasteiger partial charge in [0.25, 0.3) is 6.01 Å². The summed E-state index contributed by atoms with van der Waals surface area (Å²) in [7, 11) is 0. The number of fused-ring (bicyclic) bond motifs is 3. The molecule has 4 aromatic rings. The van der Waals surface area contributed by atoms with E-state index in [1.165, 1.54) is 4.57 Å². The molecule has 0 radical (unpaired) electrons. The fraction of sp³-hybridized carbons (Fsp3) is 0.125. The Morgan fingerprint density at radius 1 is 1.12 bits per heavy atom. The number of oxazole rings is 2. The number of hydrogen-bond acceptors (Lipinski definition) is 7. The Kier molecular flexibility index (Phi) is 4.74. The van der Waals surface area contributed by atoms with Gasteiger partial charge in [0.15, 0.2) is 0 Å². The van der Waals surface area contributed by atoms with Crippen LogP contribution in [0.15, 0.2) is 74.3 Å². The molecule has 2 N–H and O–H groups in total. The number of hydrogen-bond donors (Lipinski definition) is 1. The average Bonchev–Trinajstić information content (AvgIpc) is 3.33. The van der Waals surface area contributed by atoms with Crippen LogP contribution < -0.4 is 22.3 Å². The molecule has 0 fully saturated rings. The van der Waals surface area contributed by atoms with E-state index in [-0.39, 0.29) is 35.0 Å². The van der Waals surface area contributed by atoms with Crippen LogP contribution in [0.1, 0.15) is 29.7 Å². The molecular formula is C24H19N3O5. The van der Waals surface area contributed by atoms with Gasteiger partial charge in [0, 0.05) is 0 Å². The van der Waals surface area contributed by atoms with Gasteiger partial charge in [-0.2, -0.15) is 4.98 Å². The molecule has 0 saturated heterocycles. The highest BCUT2D eigenvalue weighted by molar-refractivity contribution is 6.12. The zero-order valence-electron chi connectivity index (χ0n) is 17.1. The maximum atomic E-state index is 13.1. The Bertz CT molecular complexity index is 1480. The number of anilines is 1. The van der Waals surface area contributed by atoms with Crippen molar-refractivity contribution < 1.29 is 18.4 Å². The lowest BCUT2D eigenvalue weighted by molar-refractivity contribution is -0.136. The molecule has 2 aromatic carbocycles. The van der Waals surface area contributed by atoms with Crippen LogP contribution in [0.4, 0.5) is 6.01 Å². The smallest absolute Gasteiger partial charge is 0.362 e. The van der Waals surface area contributed by atoms with Crippen LogP contribution in [0.3, 0.4) is 0 Å². The highest BCUT2D eigenvalue weighted by Crippen LogP contribution is 2.38. The molecular weight excluding hydrogens is 410 g/mol. The molecule has 3 heterocycles. The van der Waals surface area contributed by atoms with Crippen molar-refractivity contribution in [1.82, 2.24) is 9.55 Å². The summed E-state index contributed by atoms with van der Waals surface area (Å²) in [5.41, 5.74) is 7.41. The quantitative estimate of drug-likeness (QED) is 0.491. The van der Waals surface area contributed by atoms with Crippen molar-refractivity contribution in [2.75, 3.05) is 12.3 Å². The van der Waals surface area contributed by atoms with Gasteiger partial charge < -0.3 is 19.3 Å². The van der Waals surface area contributed by atoms with Crippen LogP contribution in [-0.2, 0) is 9.53 Å². The monoisotopic (exact) mass is 429 g/mol. The molecule has 0 unspecified atom stereocenters. The standard InChI is InChI=1S/C24H19N3O5/c1-2-30-23(29)18-17(15-11-7-4-8-12-15)19-21(32-24(25)26-19)27-16(22(28)31-20(18)27)13-14-9-5-3-6-10-14/h3-13,17H,2H2,1H3,(H2,25,26)/b16-13+/t17-/m0/s1. The summed E-state index contributed by atoms with van der Waals surface area (Å²) in [5.74, 6) is -1.06. The first-order valence-corrected chi connectivity index (χ1v) is 10.1.